The van der Waals surface area contributed by atoms with Gasteiger partial charge in [0.1, 0.15) is 5.82 Å². The number of piperidine rings is 1. The molecule has 1 aliphatic carbocycles. The number of carbonyl (C=O) groups is 1. The molecule has 0 bridgehead atoms. The number of hydrogen-bond acceptors (Lipinski definition) is 3. The molecule has 2 aliphatic rings. The standard InChI is InChI=1S/C26H24FN3O/c27-22-5-6-23-21(17-22)4-3-20-2-1-11-29-26(20)25(23)19-9-14-30(15-10-19)24(31)16-18-7-12-28-13-8-18/h1-2,5-8,11-13,17H,3-4,9-10,14-16H2. The Kier molecular flexibility index (Phi) is 5.33. The first-order chi connectivity index (χ1) is 15.2. The lowest BCUT2D eigenvalue weighted by Gasteiger charge is -2.30. The Bertz CT molecular complexity index is 1150. The largest absolute Gasteiger partial charge is 0.342 e. The third kappa shape index (κ3) is 4.00. The second-order valence-corrected chi connectivity index (χ2v) is 8.20. The van der Waals surface area contributed by atoms with Gasteiger partial charge in [0.05, 0.1) is 12.1 Å². The van der Waals surface area contributed by atoms with Gasteiger partial charge in [-0.3, -0.25) is 14.8 Å². The van der Waals surface area contributed by atoms with Crippen molar-refractivity contribution in [1.29, 1.82) is 0 Å². The maximum atomic E-state index is 14.0. The molecule has 156 valence electrons. The van der Waals surface area contributed by atoms with Crippen LogP contribution in [0.15, 0.2) is 66.6 Å². The molecule has 1 aliphatic heterocycles. The Labute approximate surface area is 181 Å². The van der Waals surface area contributed by atoms with Crippen LogP contribution in [0.3, 0.4) is 0 Å². The summed E-state index contributed by atoms with van der Waals surface area (Å²) < 4.78 is 14.0. The molecule has 1 aromatic carbocycles. The van der Waals surface area contributed by atoms with E-state index in [1.54, 1.807) is 24.5 Å². The highest BCUT2D eigenvalue weighted by Gasteiger charge is 2.26. The molecule has 0 spiro atoms. The normalized spacial score (nSPS) is 15.8. The number of hydrogen-bond donors (Lipinski definition) is 0. The second-order valence-electron chi connectivity index (χ2n) is 8.20. The molecule has 0 N–H and O–H groups in total. The summed E-state index contributed by atoms with van der Waals surface area (Å²) in [5.74, 6) is -0.0457. The number of benzene rings is 1. The number of likely N-dealkylation sites (tertiary alicyclic amines) is 1. The molecular formula is C26H24FN3O. The SMILES string of the molecule is O=C(Cc1ccncc1)N1CCC(=C2c3ccc(F)cc3CCc3cccnc32)CC1. The average molecular weight is 413 g/mol. The van der Waals surface area contributed by atoms with Crippen LogP contribution in [0.25, 0.3) is 5.57 Å². The lowest BCUT2D eigenvalue weighted by Crippen LogP contribution is -2.37. The third-order valence-corrected chi connectivity index (χ3v) is 6.31. The van der Waals surface area contributed by atoms with Gasteiger partial charge < -0.3 is 4.90 Å². The van der Waals surface area contributed by atoms with Crippen molar-refractivity contribution in [3.63, 3.8) is 0 Å². The predicted octanol–water partition coefficient (Wildman–Crippen LogP) is 4.38. The van der Waals surface area contributed by atoms with Gasteiger partial charge in [0.25, 0.3) is 0 Å². The minimum absolute atomic E-state index is 0.150. The van der Waals surface area contributed by atoms with Crippen molar-refractivity contribution in [2.75, 3.05) is 13.1 Å². The summed E-state index contributed by atoms with van der Waals surface area (Å²) >= 11 is 0. The Morgan fingerprint density at radius 3 is 2.52 bits per heavy atom. The Balaban J connectivity index is 1.45. The first-order valence-electron chi connectivity index (χ1n) is 10.8. The number of amides is 1. The van der Waals surface area contributed by atoms with Gasteiger partial charge in [0.2, 0.25) is 5.91 Å². The van der Waals surface area contributed by atoms with Crippen LogP contribution in [-0.4, -0.2) is 33.9 Å². The molecule has 0 saturated carbocycles. The van der Waals surface area contributed by atoms with Crippen molar-refractivity contribution in [3.8, 4) is 0 Å². The zero-order valence-corrected chi connectivity index (χ0v) is 17.4. The number of halogens is 1. The molecule has 5 rings (SSSR count). The van der Waals surface area contributed by atoms with Gasteiger partial charge in [-0.15, -0.1) is 0 Å². The highest BCUT2D eigenvalue weighted by Crippen LogP contribution is 2.37. The highest BCUT2D eigenvalue weighted by atomic mass is 19.1. The van der Waals surface area contributed by atoms with Crippen LogP contribution >= 0.6 is 0 Å². The maximum absolute atomic E-state index is 14.0. The maximum Gasteiger partial charge on any atom is 0.227 e. The number of aromatic nitrogens is 2. The minimum Gasteiger partial charge on any atom is -0.342 e. The van der Waals surface area contributed by atoms with Crippen LogP contribution in [0.1, 0.15) is 40.8 Å². The summed E-state index contributed by atoms with van der Waals surface area (Å²) in [6, 6.07) is 13.0. The van der Waals surface area contributed by atoms with E-state index in [0.29, 0.717) is 19.5 Å². The number of nitrogens with zero attached hydrogens (tertiary/aromatic N) is 3. The summed E-state index contributed by atoms with van der Waals surface area (Å²) in [6.45, 7) is 1.39. The minimum atomic E-state index is -0.196. The van der Waals surface area contributed by atoms with Gasteiger partial charge in [-0.2, -0.15) is 0 Å². The summed E-state index contributed by atoms with van der Waals surface area (Å²) in [7, 11) is 0. The van der Waals surface area contributed by atoms with Crippen LogP contribution in [-0.2, 0) is 24.1 Å². The summed E-state index contributed by atoms with van der Waals surface area (Å²) in [5.41, 5.74) is 7.79. The van der Waals surface area contributed by atoms with E-state index >= 15 is 0 Å². The van der Waals surface area contributed by atoms with E-state index in [9.17, 15) is 9.18 Å². The average Bonchev–Trinajstić information content (AvgIpc) is 2.96. The van der Waals surface area contributed by atoms with Gasteiger partial charge in [-0.25, -0.2) is 4.39 Å². The molecule has 5 heteroatoms. The molecular weight excluding hydrogens is 389 g/mol. The van der Waals surface area contributed by atoms with E-state index in [1.165, 1.54) is 11.1 Å². The fourth-order valence-electron chi connectivity index (χ4n) is 4.70. The molecule has 1 fully saturated rings. The molecule has 1 saturated heterocycles. The zero-order chi connectivity index (χ0) is 21.2. The van der Waals surface area contributed by atoms with Gasteiger partial charge >= 0.3 is 0 Å². The summed E-state index contributed by atoms with van der Waals surface area (Å²) in [5, 5.41) is 0. The Hall–Kier alpha value is -3.34. The zero-order valence-electron chi connectivity index (χ0n) is 17.4. The molecule has 3 aromatic rings. The van der Waals surface area contributed by atoms with E-state index in [-0.39, 0.29) is 11.7 Å². The highest BCUT2D eigenvalue weighted by molar-refractivity contribution is 5.85. The van der Waals surface area contributed by atoms with Crippen LogP contribution < -0.4 is 0 Å². The third-order valence-electron chi connectivity index (χ3n) is 6.31. The number of fused-ring (bicyclic) bond motifs is 2. The van der Waals surface area contributed by atoms with Crippen molar-refractivity contribution in [3.05, 3.63) is 100 Å². The first-order valence-corrected chi connectivity index (χ1v) is 10.8. The molecule has 2 aromatic heterocycles. The quantitative estimate of drug-likeness (QED) is 0.626. The number of pyridine rings is 2. The lowest BCUT2D eigenvalue weighted by atomic mass is 9.88. The topological polar surface area (TPSA) is 46.1 Å². The second kappa shape index (κ2) is 8.42. The summed E-state index contributed by atoms with van der Waals surface area (Å²) in [6.07, 6.45) is 8.96. The number of carbonyl (C=O) groups excluding carboxylic acids is 1. The van der Waals surface area contributed by atoms with E-state index in [1.807, 2.05) is 35.4 Å². The van der Waals surface area contributed by atoms with Crippen molar-refractivity contribution in [1.82, 2.24) is 14.9 Å². The molecule has 0 atom stereocenters. The smallest absolute Gasteiger partial charge is 0.227 e. The van der Waals surface area contributed by atoms with E-state index in [0.717, 1.165) is 53.6 Å². The Morgan fingerprint density at radius 1 is 0.935 bits per heavy atom. The van der Waals surface area contributed by atoms with Gasteiger partial charge in [-0.05, 0) is 78.3 Å². The van der Waals surface area contributed by atoms with E-state index < -0.39 is 0 Å². The van der Waals surface area contributed by atoms with Crippen molar-refractivity contribution >= 4 is 11.5 Å². The van der Waals surface area contributed by atoms with Gasteiger partial charge in [-0.1, -0.05) is 17.7 Å². The molecule has 4 nitrogen and oxygen atoms in total. The first kappa shape index (κ1) is 19.6. The van der Waals surface area contributed by atoms with E-state index in [2.05, 4.69) is 11.1 Å². The molecule has 31 heavy (non-hydrogen) atoms. The van der Waals surface area contributed by atoms with Crippen molar-refractivity contribution in [2.24, 2.45) is 0 Å². The van der Waals surface area contributed by atoms with Gasteiger partial charge in [0, 0.05) is 37.3 Å². The van der Waals surface area contributed by atoms with Crippen molar-refractivity contribution < 1.29 is 9.18 Å². The van der Waals surface area contributed by atoms with Crippen LogP contribution in [0, 0.1) is 5.82 Å². The lowest BCUT2D eigenvalue weighted by molar-refractivity contribution is -0.130. The van der Waals surface area contributed by atoms with Crippen LogP contribution in [0.2, 0.25) is 0 Å². The monoisotopic (exact) mass is 413 g/mol. The van der Waals surface area contributed by atoms with Crippen LogP contribution in [0.4, 0.5) is 4.39 Å². The number of aryl methyl sites for hydroxylation is 2. The fraction of sp³-hybridized carbons (Fsp3) is 0.269. The molecule has 3 heterocycles. The number of rotatable bonds is 2. The fourth-order valence-corrected chi connectivity index (χ4v) is 4.70. The van der Waals surface area contributed by atoms with Crippen molar-refractivity contribution in [2.45, 2.75) is 32.1 Å². The molecule has 1 amide bonds. The van der Waals surface area contributed by atoms with E-state index in [4.69, 9.17) is 4.98 Å². The Morgan fingerprint density at radius 2 is 1.71 bits per heavy atom. The van der Waals surface area contributed by atoms with Gasteiger partial charge in [0.15, 0.2) is 0 Å². The van der Waals surface area contributed by atoms with Crippen LogP contribution in [0.5, 0.6) is 0 Å². The predicted molar refractivity (Wildman–Crippen MR) is 118 cm³/mol. The summed E-state index contributed by atoms with van der Waals surface area (Å²) in [4.78, 5) is 23.5. The molecule has 0 radical (unpaired) electrons. The molecule has 0 unspecified atom stereocenters.